The van der Waals surface area contributed by atoms with Crippen molar-refractivity contribution in [1.82, 2.24) is 4.90 Å². The topological polar surface area (TPSA) is 29.3 Å². The van der Waals surface area contributed by atoms with Gasteiger partial charge >= 0.3 is 0 Å². The number of hydrogen-bond acceptors (Lipinski definition) is 2. The van der Waals surface area contributed by atoms with Gasteiger partial charge in [-0.15, -0.1) is 0 Å². The zero-order valence-electron chi connectivity index (χ0n) is 11.0. The lowest BCUT2D eigenvalue weighted by atomic mass is 9.78. The minimum Gasteiger partial charge on any atom is -0.330 e. The molecule has 2 atom stereocenters. The van der Waals surface area contributed by atoms with E-state index in [1.54, 1.807) is 0 Å². The summed E-state index contributed by atoms with van der Waals surface area (Å²) >= 11 is 0. The normalized spacial score (nSPS) is 35.4. The second-order valence-corrected chi connectivity index (χ2v) is 6.40. The van der Waals surface area contributed by atoms with Crippen LogP contribution in [0.3, 0.4) is 0 Å². The van der Waals surface area contributed by atoms with Crippen molar-refractivity contribution in [3.05, 3.63) is 0 Å². The smallest absolute Gasteiger partial charge is 0.0153 e. The number of likely N-dealkylation sites (tertiary alicyclic amines) is 1. The molecule has 2 fully saturated rings. The van der Waals surface area contributed by atoms with Crippen molar-refractivity contribution in [2.75, 3.05) is 19.6 Å². The first-order chi connectivity index (χ1) is 7.63. The minimum atomic E-state index is 0.441. The molecule has 0 bridgehead atoms. The fraction of sp³-hybridized carbons (Fsp3) is 1.00. The van der Waals surface area contributed by atoms with Gasteiger partial charge in [0.25, 0.3) is 0 Å². The Balaban J connectivity index is 1.92. The lowest BCUT2D eigenvalue weighted by Gasteiger charge is -2.39. The molecule has 1 saturated carbocycles. The van der Waals surface area contributed by atoms with Crippen LogP contribution < -0.4 is 5.73 Å². The lowest BCUT2D eigenvalue weighted by molar-refractivity contribution is 0.106. The standard InChI is InChI=1S/C14H28N2/c1-14(2)8-5-9-16(14)11-13-7-4-3-6-12(13)10-15/h12-13H,3-11,15H2,1-2H3. The van der Waals surface area contributed by atoms with Gasteiger partial charge in [0.1, 0.15) is 0 Å². The molecule has 2 nitrogen and oxygen atoms in total. The van der Waals surface area contributed by atoms with Gasteiger partial charge in [0.15, 0.2) is 0 Å². The number of rotatable bonds is 3. The number of hydrogen-bond donors (Lipinski definition) is 1. The molecule has 2 rings (SSSR count). The van der Waals surface area contributed by atoms with Gasteiger partial charge in [-0.1, -0.05) is 12.8 Å². The molecule has 0 spiro atoms. The Morgan fingerprint density at radius 3 is 2.38 bits per heavy atom. The van der Waals surface area contributed by atoms with Crippen molar-refractivity contribution in [3.8, 4) is 0 Å². The summed E-state index contributed by atoms with van der Waals surface area (Å²) < 4.78 is 0. The van der Waals surface area contributed by atoms with E-state index in [9.17, 15) is 0 Å². The van der Waals surface area contributed by atoms with Crippen molar-refractivity contribution in [3.63, 3.8) is 0 Å². The molecule has 2 N–H and O–H groups in total. The molecule has 1 aliphatic heterocycles. The highest BCUT2D eigenvalue weighted by Gasteiger charge is 2.35. The van der Waals surface area contributed by atoms with Crippen LogP contribution in [0.1, 0.15) is 52.4 Å². The van der Waals surface area contributed by atoms with Crippen LogP contribution in [0.5, 0.6) is 0 Å². The first-order valence-corrected chi connectivity index (χ1v) is 7.08. The van der Waals surface area contributed by atoms with Crippen LogP contribution in [0, 0.1) is 11.8 Å². The molecule has 2 heteroatoms. The van der Waals surface area contributed by atoms with Crippen LogP contribution in [-0.4, -0.2) is 30.1 Å². The van der Waals surface area contributed by atoms with Gasteiger partial charge in [-0.3, -0.25) is 4.90 Å². The van der Waals surface area contributed by atoms with E-state index in [2.05, 4.69) is 18.7 Å². The van der Waals surface area contributed by atoms with Crippen molar-refractivity contribution in [1.29, 1.82) is 0 Å². The summed E-state index contributed by atoms with van der Waals surface area (Å²) in [5.74, 6) is 1.67. The van der Waals surface area contributed by atoms with Gasteiger partial charge in [-0.05, 0) is 64.5 Å². The summed E-state index contributed by atoms with van der Waals surface area (Å²) in [6.45, 7) is 8.31. The average molecular weight is 224 g/mol. The van der Waals surface area contributed by atoms with Crippen molar-refractivity contribution in [2.24, 2.45) is 17.6 Å². The highest BCUT2D eigenvalue weighted by Crippen LogP contribution is 2.34. The van der Waals surface area contributed by atoms with Crippen LogP contribution in [0.25, 0.3) is 0 Å². The largest absolute Gasteiger partial charge is 0.330 e. The highest BCUT2D eigenvalue weighted by molar-refractivity contribution is 4.90. The molecule has 1 saturated heterocycles. The predicted molar refractivity (Wildman–Crippen MR) is 69.4 cm³/mol. The van der Waals surface area contributed by atoms with E-state index >= 15 is 0 Å². The number of nitrogens with zero attached hydrogens (tertiary/aromatic N) is 1. The van der Waals surface area contributed by atoms with Crippen LogP contribution in [0.15, 0.2) is 0 Å². The second kappa shape index (κ2) is 5.05. The van der Waals surface area contributed by atoms with Crippen LogP contribution in [0.2, 0.25) is 0 Å². The fourth-order valence-corrected chi connectivity index (χ4v) is 3.62. The Kier molecular flexibility index (Phi) is 3.91. The molecule has 0 radical (unpaired) electrons. The van der Waals surface area contributed by atoms with E-state index in [1.165, 1.54) is 51.6 Å². The van der Waals surface area contributed by atoms with Crippen LogP contribution in [0.4, 0.5) is 0 Å². The van der Waals surface area contributed by atoms with Gasteiger partial charge in [0.05, 0.1) is 0 Å². The molecular formula is C14H28N2. The third-order valence-corrected chi connectivity index (χ3v) is 4.90. The summed E-state index contributed by atoms with van der Waals surface area (Å²) in [5.41, 5.74) is 6.36. The quantitative estimate of drug-likeness (QED) is 0.798. The molecule has 0 aromatic heterocycles. The Labute approximate surface area is 101 Å². The Morgan fingerprint density at radius 2 is 1.81 bits per heavy atom. The summed E-state index contributed by atoms with van der Waals surface area (Å²) in [4.78, 5) is 2.71. The first kappa shape index (κ1) is 12.4. The Bertz CT molecular complexity index is 225. The SMILES string of the molecule is CC1(C)CCCN1CC1CCCCC1CN. The fourth-order valence-electron chi connectivity index (χ4n) is 3.62. The van der Waals surface area contributed by atoms with Gasteiger partial charge in [-0.2, -0.15) is 0 Å². The zero-order chi connectivity index (χ0) is 11.6. The molecule has 94 valence electrons. The molecule has 0 aromatic rings. The van der Waals surface area contributed by atoms with E-state index in [0.717, 1.165) is 18.4 Å². The molecule has 1 heterocycles. The highest BCUT2D eigenvalue weighted by atomic mass is 15.2. The van der Waals surface area contributed by atoms with E-state index in [-0.39, 0.29) is 0 Å². The Morgan fingerprint density at radius 1 is 1.12 bits per heavy atom. The molecule has 2 unspecified atom stereocenters. The lowest BCUT2D eigenvalue weighted by Crippen LogP contribution is -2.44. The van der Waals surface area contributed by atoms with E-state index in [4.69, 9.17) is 5.73 Å². The van der Waals surface area contributed by atoms with Crippen molar-refractivity contribution in [2.45, 2.75) is 57.9 Å². The maximum Gasteiger partial charge on any atom is 0.0153 e. The summed E-state index contributed by atoms with van der Waals surface area (Å²) in [6.07, 6.45) is 8.36. The average Bonchev–Trinajstić information content (AvgIpc) is 2.59. The Hall–Kier alpha value is -0.0800. The van der Waals surface area contributed by atoms with E-state index in [0.29, 0.717) is 5.54 Å². The molecule has 0 aromatic carbocycles. The summed E-state index contributed by atoms with van der Waals surface area (Å²) in [7, 11) is 0. The molecule has 16 heavy (non-hydrogen) atoms. The van der Waals surface area contributed by atoms with Crippen molar-refractivity contribution >= 4 is 0 Å². The number of nitrogens with two attached hydrogens (primary N) is 1. The minimum absolute atomic E-state index is 0.441. The maximum absolute atomic E-state index is 5.92. The van der Waals surface area contributed by atoms with E-state index < -0.39 is 0 Å². The van der Waals surface area contributed by atoms with Crippen LogP contribution in [-0.2, 0) is 0 Å². The van der Waals surface area contributed by atoms with Gasteiger partial charge in [-0.25, -0.2) is 0 Å². The van der Waals surface area contributed by atoms with E-state index in [1.807, 2.05) is 0 Å². The summed E-state index contributed by atoms with van der Waals surface area (Å²) in [5, 5.41) is 0. The van der Waals surface area contributed by atoms with Gasteiger partial charge < -0.3 is 5.73 Å². The maximum atomic E-state index is 5.92. The van der Waals surface area contributed by atoms with Gasteiger partial charge in [0, 0.05) is 12.1 Å². The van der Waals surface area contributed by atoms with Crippen LogP contribution >= 0.6 is 0 Å². The molecule has 0 amide bonds. The predicted octanol–water partition coefficient (Wildman–Crippen LogP) is 2.63. The third-order valence-electron chi connectivity index (χ3n) is 4.90. The molecular weight excluding hydrogens is 196 g/mol. The van der Waals surface area contributed by atoms with Crippen molar-refractivity contribution < 1.29 is 0 Å². The molecule has 2 aliphatic rings. The second-order valence-electron chi connectivity index (χ2n) is 6.40. The zero-order valence-corrected chi connectivity index (χ0v) is 11.0. The summed E-state index contributed by atoms with van der Waals surface area (Å²) in [6, 6.07) is 0. The van der Waals surface area contributed by atoms with Gasteiger partial charge in [0.2, 0.25) is 0 Å². The third kappa shape index (κ3) is 2.60. The monoisotopic (exact) mass is 224 g/mol. The first-order valence-electron chi connectivity index (χ1n) is 7.08. The molecule has 1 aliphatic carbocycles.